The molecule has 2 aromatic rings. The first-order chi connectivity index (χ1) is 8.04. The zero-order valence-corrected chi connectivity index (χ0v) is 9.52. The molecule has 0 radical (unpaired) electrons. The van der Waals surface area contributed by atoms with Gasteiger partial charge < -0.3 is 14.9 Å². The summed E-state index contributed by atoms with van der Waals surface area (Å²) in [5.74, 6) is -0.479. The Kier molecular flexibility index (Phi) is 2.63. The van der Waals surface area contributed by atoms with E-state index in [2.05, 4.69) is 0 Å². The van der Waals surface area contributed by atoms with Crippen molar-refractivity contribution in [2.75, 3.05) is 7.11 Å². The standard InChI is InChI=1S/C13H12O4/c1-7-9-4-3-8(17-2)5-11(9)12(14)6-10(7)13(15)16/h3-6,14H,1-2H3,(H,15,16). The van der Waals surface area contributed by atoms with Gasteiger partial charge in [0, 0.05) is 5.39 Å². The lowest BCUT2D eigenvalue weighted by Crippen LogP contribution is -2.00. The third kappa shape index (κ3) is 1.78. The van der Waals surface area contributed by atoms with E-state index in [9.17, 15) is 9.90 Å². The van der Waals surface area contributed by atoms with E-state index < -0.39 is 5.97 Å². The highest BCUT2D eigenvalue weighted by Gasteiger charge is 2.14. The Morgan fingerprint density at radius 2 is 1.94 bits per heavy atom. The van der Waals surface area contributed by atoms with Crippen LogP contribution in [-0.4, -0.2) is 23.3 Å². The second-order valence-corrected chi connectivity index (χ2v) is 3.78. The molecule has 0 heterocycles. The van der Waals surface area contributed by atoms with Crippen LogP contribution in [0.2, 0.25) is 0 Å². The fourth-order valence-corrected chi connectivity index (χ4v) is 1.88. The summed E-state index contributed by atoms with van der Waals surface area (Å²) < 4.78 is 5.07. The number of phenolic OH excluding ortho intramolecular Hbond substituents is 1. The quantitative estimate of drug-likeness (QED) is 0.835. The van der Waals surface area contributed by atoms with E-state index in [0.717, 1.165) is 0 Å². The maximum Gasteiger partial charge on any atom is 0.336 e. The van der Waals surface area contributed by atoms with Crippen LogP contribution in [0.1, 0.15) is 15.9 Å². The van der Waals surface area contributed by atoms with Crippen molar-refractivity contribution in [2.45, 2.75) is 6.92 Å². The maximum absolute atomic E-state index is 11.0. The molecule has 4 heteroatoms. The zero-order valence-electron chi connectivity index (χ0n) is 9.52. The number of benzene rings is 2. The third-order valence-corrected chi connectivity index (χ3v) is 2.82. The Labute approximate surface area is 98.1 Å². The summed E-state index contributed by atoms with van der Waals surface area (Å²) in [6.45, 7) is 1.72. The fraction of sp³-hybridized carbons (Fsp3) is 0.154. The smallest absolute Gasteiger partial charge is 0.336 e. The second kappa shape index (κ2) is 3.97. The Morgan fingerprint density at radius 3 is 2.53 bits per heavy atom. The van der Waals surface area contributed by atoms with Gasteiger partial charge in [0.1, 0.15) is 11.5 Å². The zero-order chi connectivity index (χ0) is 12.6. The number of carboxylic acid groups (broad SMARTS) is 1. The van der Waals surface area contributed by atoms with Crippen LogP contribution in [0.5, 0.6) is 11.5 Å². The van der Waals surface area contributed by atoms with E-state index in [1.165, 1.54) is 13.2 Å². The van der Waals surface area contributed by atoms with E-state index >= 15 is 0 Å². The number of aromatic carboxylic acids is 1. The lowest BCUT2D eigenvalue weighted by atomic mass is 9.99. The number of carboxylic acids is 1. The predicted molar refractivity (Wildman–Crippen MR) is 63.9 cm³/mol. The van der Waals surface area contributed by atoms with Crippen LogP contribution in [0.25, 0.3) is 10.8 Å². The van der Waals surface area contributed by atoms with Gasteiger partial charge in [-0.1, -0.05) is 6.07 Å². The summed E-state index contributed by atoms with van der Waals surface area (Å²) in [5.41, 5.74) is 0.744. The molecule has 0 saturated carbocycles. The molecule has 0 aromatic heterocycles. The van der Waals surface area contributed by atoms with Crippen LogP contribution in [-0.2, 0) is 0 Å². The first kappa shape index (κ1) is 11.3. The number of ether oxygens (including phenoxy) is 1. The van der Waals surface area contributed by atoms with Gasteiger partial charge in [-0.2, -0.15) is 0 Å². The van der Waals surface area contributed by atoms with Gasteiger partial charge in [0.2, 0.25) is 0 Å². The predicted octanol–water partition coefficient (Wildman–Crippen LogP) is 2.56. The molecule has 2 N–H and O–H groups in total. The van der Waals surface area contributed by atoms with Crippen LogP contribution in [0, 0.1) is 6.92 Å². The number of rotatable bonds is 2. The molecule has 0 unspecified atom stereocenters. The monoisotopic (exact) mass is 232 g/mol. The SMILES string of the molecule is COc1ccc2c(C)c(C(=O)O)cc(O)c2c1. The molecule has 17 heavy (non-hydrogen) atoms. The van der Waals surface area contributed by atoms with Gasteiger partial charge in [0.25, 0.3) is 0 Å². The number of aromatic hydroxyl groups is 1. The Morgan fingerprint density at radius 1 is 1.24 bits per heavy atom. The van der Waals surface area contributed by atoms with Gasteiger partial charge in [-0.25, -0.2) is 4.79 Å². The molecule has 2 rings (SSSR count). The largest absolute Gasteiger partial charge is 0.507 e. The molecule has 0 aliphatic rings. The molecule has 0 amide bonds. The molecule has 4 nitrogen and oxygen atoms in total. The third-order valence-electron chi connectivity index (χ3n) is 2.82. The van der Waals surface area contributed by atoms with Gasteiger partial charge in [0.15, 0.2) is 0 Å². The van der Waals surface area contributed by atoms with E-state index in [-0.39, 0.29) is 11.3 Å². The van der Waals surface area contributed by atoms with E-state index in [1.807, 2.05) is 0 Å². The minimum absolute atomic E-state index is 0.0538. The second-order valence-electron chi connectivity index (χ2n) is 3.78. The van der Waals surface area contributed by atoms with Gasteiger partial charge in [-0.05, 0) is 36.1 Å². The average molecular weight is 232 g/mol. The van der Waals surface area contributed by atoms with Crippen LogP contribution in [0.15, 0.2) is 24.3 Å². The molecule has 88 valence electrons. The molecule has 0 aliphatic carbocycles. The summed E-state index contributed by atoms with van der Waals surface area (Å²) >= 11 is 0. The summed E-state index contributed by atoms with van der Waals surface area (Å²) in [7, 11) is 1.54. The van der Waals surface area contributed by atoms with E-state index in [4.69, 9.17) is 9.84 Å². The van der Waals surface area contributed by atoms with Crippen molar-refractivity contribution in [3.05, 3.63) is 35.4 Å². The highest BCUT2D eigenvalue weighted by atomic mass is 16.5. The first-order valence-electron chi connectivity index (χ1n) is 5.08. The highest BCUT2D eigenvalue weighted by molar-refractivity contribution is 6.01. The number of hydrogen-bond donors (Lipinski definition) is 2. The number of phenols is 1. The summed E-state index contributed by atoms with van der Waals surface area (Å²) in [4.78, 5) is 11.0. The normalized spacial score (nSPS) is 10.5. The van der Waals surface area contributed by atoms with Gasteiger partial charge in [0.05, 0.1) is 12.7 Å². The van der Waals surface area contributed by atoms with E-state index in [1.54, 1.807) is 25.1 Å². The summed E-state index contributed by atoms with van der Waals surface area (Å²) in [6, 6.07) is 6.43. The van der Waals surface area contributed by atoms with Gasteiger partial charge in [-0.15, -0.1) is 0 Å². The molecule has 0 saturated heterocycles. The van der Waals surface area contributed by atoms with Crippen molar-refractivity contribution in [3.63, 3.8) is 0 Å². The molecule has 0 bridgehead atoms. The molecule has 2 aromatic carbocycles. The Hall–Kier alpha value is -2.23. The van der Waals surface area contributed by atoms with Crippen LogP contribution < -0.4 is 4.74 Å². The molecule has 0 aliphatic heterocycles. The molecular formula is C13H12O4. The van der Waals surface area contributed by atoms with Gasteiger partial charge >= 0.3 is 5.97 Å². The van der Waals surface area contributed by atoms with Crippen LogP contribution >= 0.6 is 0 Å². The molecular weight excluding hydrogens is 220 g/mol. The molecule has 0 atom stereocenters. The number of hydrogen-bond acceptors (Lipinski definition) is 3. The minimum Gasteiger partial charge on any atom is -0.507 e. The summed E-state index contributed by atoms with van der Waals surface area (Å²) in [5, 5.41) is 20.1. The summed E-state index contributed by atoms with van der Waals surface area (Å²) in [6.07, 6.45) is 0. The number of aryl methyl sites for hydroxylation is 1. The van der Waals surface area contributed by atoms with E-state index in [0.29, 0.717) is 22.1 Å². The van der Waals surface area contributed by atoms with Crippen molar-refractivity contribution in [1.82, 2.24) is 0 Å². The Balaban J connectivity index is 2.82. The molecule has 0 spiro atoms. The highest BCUT2D eigenvalue weighted by Crippen LogP contribution is 2.32. The topological polar surface area (TPSA) is 66.8 Å². The van der Waals surface area contributed by atoms with Crippen molar-refractivity contribution >= 4 is 16.7 Å². The fourth-order valence-electron chi connectivity index (χ4n) is 1.88. The number of carbonyl (C=O) groups is 1. The van der Waals surface area contributed by atoms with Crippen LogP contribution in [0.4, 0.5) is 0 Å². The lowest BCUT2D eigenvalue weighted by Gasteiger charge is -2.09. The van der Waals surface area contributed by atoms with Crippen LogP contribution in [0.3, 0.4) is 0 Å². The Bertz CT molecular complexity index is 602. The van der Waals surface area contributed by atoms with Gasteiger partial charge in [-0.3, -0.25) is 0 Å². The van der Waals surface area contributed by atoms with Crippen molar-refractivity contribution in [1.29, 1.82) is 0 Å². The van der Waals surface area contributed by atoms with Crippen molar-refractivity contribution in [3.8, 4) is 11.5 Å². The first-order valence-corrected chi connectivity index (χ1v) is 5.08. The maximum atomic E-state index is 11.0. The minimum atomic E-state index is -1.05. The average Bonchev–Trinajstić information content (AvgIpc) is 2.32. The van der Waals surface area contributed by atoms with Crippen molar-refractivity contribution < 1.29 is 19.7 Å². The number of fused-ring (bicyclic) bond motifs is 1. The lowest BCUT2D eigenvalue weighted by molar-refractivity contribution is 0.0696. The number of methoxy groups -OCH3 is 1. The van der Waals surface area contributed by atoms with Crippen molar-refractivity contribution in [2.24, 2.45) is 0 Å². The molecule has 0 fully saturated rings.